The van der Waals surface area contributed by atoms with Crippen molar-refractivity contribution >= 4 is 28.9 Å². The number of hydrogen-bond acceptors (Lipinski definition) is 4. The maximum Gasteiger partial charge on any atom is 0.263 e. The van der Waals surface area contributed by atoms with E-state index in [0.29, 0.717) is 43.6 Å². The van der Waals surface area contributed by atoms with Crippen LogP contribution in [-0.4, -0.2) is 36.8 Å². The van der Waals surface area contributed by atoms with Crippen molar-refractivity contribution in [3.05, 3.63) is 93.4 Å². The number of hydrogen-bond donors (Lipinski definition) is 1. The Morgan fingerprint density at radius 3 is 2.53 bits per heavy atom. The number of morpholine rings is 1. The normalized spacial score (nSPS) is 13.8. The number of rotatable bonds is 5. The van der Waals surface area contributed by atoms with E-state index in [4.69, 9.17) is 16.3 Å². The molecule has 7 heteroatoms. The molecule has 0 aliphatic carbocycles. The third kappa shape index (κ3) is 4.40. The van der Waals surface area contributed by atoms with E-state index in [1.54, 1.807) is 30.5 Å². The summed E-state index contributed by atoms with van der Waals surface area (Å²) < 4.78 is 6.95. The molecule has 1 aliphatic heterocycles. The SMILES string of the molecule is O=C(Nc1cccc(Cl)c1N1CCOCC1)c1cccn(Cc2ccccc2)c1=O. The standard InChI is InChI=1S/C23H22ClN3O3/c24-19-9-4-10-20(21(19)26-12-14-30-15-13-26)25-22(28)18-8-5-11-27(23(18)29)16-17-6-2-1-3-7-17/h1-11H,12-16H2,(H,25,28). The van der Waals surface area contributed by atoms with Gasteiger partial charge in [-0.3, -0.25) is 9.59 Å². The van der Waals surface area contributed by atoms with Gasteiger partial charge < -0.3 is 19.5 Å². The molecule has 1 saturated heterocycles. The van der Waals surface area contributed by atoms with Crippen molar-refractivity contribution in [3.8, 4) is 0 Å². The molecule has 1 aliphatic rings. The molecule has 0 unspecified atom stereocenters. The molecule has 2 heterocycles. The van der Waals surface area contributed by atoms with Crippen molar-refractivity contribution in [1.29, 1.82) is 0 Å². The topological polar surface area (TPSA) is 63.6 Å². The number of ether oxygens (including phenoxy) is 1. The number of pyridine rings is 1. The van der Waals surface area contributed by atoms with Crippen molar-refractivity contribution in [3.63, 3.8) is 0 Å². The zero-order valence-corrected chi connectivity index (χ0v) is 17.1. The minimum absolute atomic E-state index is 0.0846. The highest BCUT2D eigenvalue weighted by atomic mass is 35.5. The number of anilines is 2. The maximum atomic E-state index is 13.0. The molecular formula is C23H22ClN3O3. The third-order valence-electron chi connectivity index (χ3n) is 5.02. The summed E-state index contributed by atoms with van der Waals surface area (Å²) in [7, 11) is 0. The molecule has 3 aromatic rings. The van der Waals surface area contributed by atoms with Crippen LogP contribution in [0.5, 0.6) is 0 Å². The lowest BCUT2D eigenvalue weighted by Gasteiger charge is -2.31. The maximum absolute atomic E-state index is 13.0. The average molecular weight is 424 g/mol. The number of carbonyl (C=O) groups is 1. The van der Waals surface area contributed by atoms with Crippen molar-refractivity contribution in [1.82, 2.24) is 4.57 Å². The fourth-order valence-electron chi connectivity index (χ4n) is 3.53. The lowest BCUT2D eigenvalue weighted by Crippen LogP contribution is -2.37. The second kappa shape index (κ2) is 9.15. The molecule has 4 rings (SSSR count). The van der Waals surface area contributed by atoms with E-state index in [9.17, 15) is 9.59 Å². The summed E-state index contributed by atoms with van der Waals surface area (Å²) in [5, 5.41) is 3.42. The zero-order valence-electron chi connectivity index (χ0n) is 16.4. The minimum atomic E-state index is -0.459. The van der Waals surface area contributed by atoms with Gasteiger partial charge in [0.2, 0.25) is 0 Å². The first-order chi connectivity index (χ1) is 14.6. The molecule has 1 amide bonds. The number of halogens is 1. The summed E-state index contributed by atoms with van der Waals surface area (Å²) >= 11 is 6.44. The molecule has 0 spiro atoms. The summed E-state index contributed by atoms with van der Waals surface area (Å²) in [5.41, 5.74) is 2.06. The molecule has 2 aromatic carbocycles. The van der Waals surface area contributed by atoms with Gasteiger partial charge >= 0.3 is 0 Å². The highest BCUT2D eigenvalue weighted by molar-refractivity contribution is 6.34. The summed E-state index contributed by atoms with van der Waals surface area (Å²) in [5.74, 6) is -0.459. The molecule has 154 valence electrons. The molecule has 1 fully saturated rings. The highest BCUT2D eigenvalue weighted by Crippen LogP contribution is 2.34. The lowest BCUT2D eigenvalue weighted by molar-refractivity contribution is 0.102. The van der Waals surface area contributed by atoms with Crippen LogP contribution in [0, 0.1) is 0 Å². The number of nitrogens with zero attached hydrogens (tertiary/aromatic N) is 2. The Hall–Kier alpha value is -3.09. The summed E-state index contributed by atoms with van der Waals surface area (Å²) in [6.07, 6.45) is 1.69. The van der Waals surface area contributed by atoms with Gasteiger partial charge in [0, 0.05) is 19.3 Å². The van der Waals surface area contributed by atoms with E-state index in [0.717, 1.165) is 11.3 Å². The van der Waals surface area contributed by atoms with Crippen molar-refractivity contribution in [2.75, 3.05) is 36.5 Å². The lowest BCUT2D eigenvalue weighted by atomic mass is 10.2. The Morgan fingerprint density at radius 1 is 1.00 bits per heavy atom. The van der Waals surface area contributed by atoms with Crippen LogP contribution < -0.4 is 15.8 Å². The fraction of sp³-hybridized carbons (Fsp3) is 0.217. The van der Waals surface area contributed by atoms with Crippen LogP contribution in [0.2, 0.25) is 5.02 Å². The van der Waals surface area contributed by atoms with Gasteiger partial charge in [-0.2, -0.15) is 0 Å². The zero-order chi connectivity index (χ0) is 20.9. The Kier molecular flexibility index (Phi) is 6.16. The summed E-state index contributed by atoms with van der Waals surface area (Å²) in [6.45, 7) is 2.96. The van der Waals surface area contributed by atoms with E-state index in [1.165, 1.54) is 10.6 Å². The van der Waals surface area contributed by atoms with E-state index in [1.807, 2.05) is 30.3 Å². The summed E-state index contributed by atoms with van der Waals surface area (Å²) in [6, 6.07) is 18.3. The van der Waals surface area contributed by atoms with Crippen molar-refractivity contribution in [2.24, 2.45) is 0 Å². The molecule has 1 N–H and O–H groups in total. The quantitative estimate of drug-likeness (QED) is 0.680. The largest absolute Gasteiger partial charge is 0.378 e. The van der Waals surface area contributed by atoms with Gasteiger partial charge in [0.05, 0.1) is 36.2 Å². The Morgan fingerprint density at radius 2 is 1.77 bits per heavy atom. The van der Waals surface area contributed by atoms with Gasteiger partial charge in [-0.1, -0.05) is 48.0 Å². The van der Waals surface area contributed by atoms with Crippen LogP contribution >= 0.6 is 11.6 Å². The number of benzene rings is 2. The van der Waals surface area contributed by atoms with Crippen LogP contribution in [0.4, 0.5) is 11.4 Å². The van der Waals surface area contributed by atoms with E-state index in [-0.39, 0.29) is 11.1 Å². The summed E-state index contributed by atoms with van der Waals surface area (Å²) in [4.78, 5) is 28.0. The Balaban J connectivity index is 1.60. The molecule has 0 bridgehead atoms. The second-order valence-corrected chi connectivity index (χ2v) is 7.44. The van der Waals surface area contributed by atoms with E-state index in [2.05, 4.69) is 10.2 Å². The number of carbonyl (C=O) groups excluding carboxylic acids is 1. The van der Waals surface area contributed by atoms with Gasteiger partial charge in [0.25, 0.3) is 11.5 Å². The predicted molar refractivity (Wildman–Crippen MR) is 119 cm³/mol. The van der Waals surface area contributed by atoms with Crippen molar-refractivity contribution in [2.45, 2.75) is 6.54 Å². The van der Waals surface area contributed by atoms with Gasteiger partial charge in [0.15, 0.2) is 0 Å². The van der Waals surface area contributed by atoms with Crippen LogP contribution in [0.15, 0.2) is 71.7 Å². The monoisotopic (exact) mass is 423 g/mol. The predicted octanol–water partition coefficient (Wildman–Crippen LogP) is 3.64. The number of aromatic nitrogens is 1. The van der Waals surface area contributed by atoms with Crippen LogP contribution in [0.1, 0.15) is 15.9 Å². The number of amides is 1. The second-order valence-electron chi connectivity index (χ2n) is 7.03. The van der Waals surface area contributed by atoms with Gasteiger partial charge in [-0.25, -0.2) is 0 Å². The van der Waals surface area contributed by atoms with Crippen LogP contribution in [0.3, 0.4) is 0 Å². The Bertz CT molecular complexity index is 1090. The van der Waals surface area contributed by atoms with Crippen LogP contribution in [0.25, 0.3) is 0 Å². The molecule has 6 nitrogen and oxygen atoms in total. The average Bonchev–Trinajstić information content (AvgIpc) is 2.76. The molecule has 0 radical (unpaired) electrons. The van der Waals surface area contributed by atoms with Gasteiger partial charge in [0.1, 0.15) is 5.56 Å². The molecular weight excluding hydrogens is 402 g/mol. The third-order valence-corrected chi connectivity index (χ3v) is 5.33. The minimum Gasteiger partial charge on any atom is -0.378 e. The number of nitrogens with one attached hydrogen (secondary N) is 1. The fourth-order valence-corrected chi connectivity index (χ4v) is 3.82. The first-order valence-corrected chi connectivity index (χ1v) is 10.2. The number of para-hydroxylation sites is 1. The first-order valence-electron chi connectivity index (χ1n) is 9.79. The first kappa shape index (κ1) is 20.2. The van der Waals surface area contributed by atoms with Crippen molar-refractivity contribution < 1.29 is 9.53 Å². The molecule has 30 heavy (non-hydrogen) atoms. The smallest absolute Gasteiger partial charge is 0.263 e. The van der Waals surface area contributed by atoms with Gasteiger partial charge in [-0.15, -0.1) is 0 Å². The highest BCUT2D eigenvalue weighted by Gasteiger charge is 2.20. The van der Waals surface area contributed by atoms with Crippen LogP contribution in [-0.2, 0) is 11.3 Å². The molecule has 0 saturated carbocycles. The van der Waals surface area contributed by atoms with E-state index < -0.39 is 5.91 Å². The van der Waals surface area contributed by atoms with Gasteiger partial charge in [-0.05, 0) is 29.8 Å². The van der Waals surface area contributed by atoms with E-state index >= 15 is 0 Å². The molecule has 1 aromatic heterocycles. The molecule has 0 atom stereocenters. The Labute approximate surface area is 179 Å².